The lowest BCUT2D eigenvalue weighted by atomic mass is 9.66. The number of nitrogens with one attached hydrogen (secondary N) is 1. The number of nitrogens with zero attached hydrogens (tertiary/aromatic N) is 3. The highest BCUT2D eigenvalue weighted by Crippen LogP contribution is 2.57. The van der Waals surface area contributed by atoms with Gasteiger partial charge in [0.05, 0.1) is 6.10 Å². The fraction of sp³-hybridized carbons (Fsp3) is 0.645. The van der Waals surface area contributed by atoms with Crippen molar-refractivity contribution >= 4 is 29.2 Å². The van der Waals surface area contributed by atoms with Crippen LogP contribution in [0.1, 0.15) is 78.7 Å². The van der Waals surface area contributed by atoms with Gasteiger partial charge in [-0.1, -0.05) is 39.8 Å². The molecule has 1 heterocycles. The molecule has 5 unspecified atom stereocenters. The summed E-state index contributed by atoms with van der Waals surface area (Å²) in [5.41, 5.74) is 0.360. The van der Waals surface area contributed by atoms with E-state index in [4.69, 9.17) is 4.74 Å². The predicted octanol–water partition coefficient (Wildman–Crippen LogP) is 5.22. The minimum absolute atomic E-state index is 0.0947. The maximum atomic E-state index is 13.5. The standard InChI is InChI=1S/C31H44N4O7/c1-7-9-23(32-27(37)26(36)18-20-11-12-22(33-40)24(17-20)34-41)28(38)35-15-8-10-25(35)29(39)42-19(2)16-21-13-14-30(3,4)31(21,5)6/h7,11-12,17,19,21,23,25-26,36H,1,8-10,13-16,18H2,2-6H3,(H,32,37). The Morgan fingerprint density at radius 3 is 2.45 bits per heavy atom. The third-order valence-electron chi connectivity index (χ3n) is 9.61. The number of hydrogen-bond acceptors (Lipinski definition) is 9. The number of hydrogen-bond donors (Lipinski definition) is 2. The quantitative estimate of drug-likeness (QED) is 0.183. The first kappa shape index (κ1) is 33.0. The number of amides is 2. The average Bonchev–Trinajstić information content (AvgIpc) is 3.51. The number of carbonyl (C=O) groups excluding carboxylic acids is 3. The van der Waals surface area contributed by atoms with Gasteiger partial charge in [0.15, 0.2) is 0 Å². The molecule has 0 spiro atoms. The Labute approximate surface area is 247 Å². The zero-order valence-corrected chi connectivity index (χ0v) is 25.3. The SMILES string of the molecule is C=CCC(NC(=O)C(O)Cc1ccc(N=O)c(N=O)c1)C(=O)N1CCCC1C(=O)OC(C)CC1CCC(C)(C)C1(C)C. The molecule has 0 radical (unpaired) electrons. The van der Waals surface area contributed by atoms with Crippen LogP contribution in [0.4, 0.5) is 11.4 Å². The molecular formula is C31H44N4O7. The summed E-state index contributed by atoms with van der Waals surface area (Å²) in [6.07, 6.45) is 3.61. The van der Waals surface area contributed by atoms with E-state index in [0.717, 1.165) is 19.3 Å². The smallest absolute Gasteiger partial charge is 0.329 e. The number of carbonyl (C=O) groups is 3. The third kappa shape index (κ3) is 7.29. The maximum Gasteiger partial charge on any atom is 0.329 e. The summed E-state index contributed by atoms with van der Waals surface area (Å²) < 4.78 is 5.86. The molecule has 1 aromatic carbocycles. The van der Waals surface area contributed by atoms with Crippen molar-refractivity contribution in [3.05, 3.63) is 46.2 Å². The van der Waals surface area contributed by atoms with E-state index in [-0.39, 0.29) is 41.2 Å². The van der Waals surface area contributed by atoms with E-state index in [9.17, 15) is 29.3 Å². The summed E-state index contributed by atoms with van der Waals surface area (Å²) in [6, 6.07) is 2.20. The van der Waals surface area contributed by atoms with Crippen molar-refractivity contribution in [1.29, 1.82) is 0 Å². The van der Waals surface area contributed by atoms with E-state index in [1.807, 2.05) is 6.92 Å². The molecule has 2 aliphatic rings. The molecular weight excluding hydrogens is 540 g/mol. The third-order valence-corrected chi connectivity index (χ3v) is 9.61. The molecule has 0 bridgehead atoms. The van der Waals surface area contributed by atoms with Gasteiger partial charge in [0.1, 0.15) is 29.6 Å². The number of aliphatic hydroxyl groups excluding tert-OH is 1. The van der Waals surface area contributed by atoms with Crippen LogP contribution < -0.4 is 5.32 Å². The van der Waals surface area contributed by atoms with Gasteiger partial charge < -0.3 is 20.1 Å². The molecule has 2 N–H and O–H groups in total. The Morgan fingerprint density at radius 1 is 1.17 bits per heavy atom. The highest BCUT2D eigenvalue weighted by atomic mass is 16.5. The lowest BCUT2D eigenvalue weighted by molar-refractivity contribution is -0.159. The minimum Gasteiger partial charge on any atom is -0.461 e. The zero-order valence-electron chi connectivity index (χ0n) is 25.3. The number of esters is 1. The van der Waals surface area contributed by atoms with Crippen LogP contribution in [0.25, 0.3) is 0 Å². The maximum absolute atomic E-state index is 13.5. The fourth-order valence-electron chi connectivity index (χ4n) is 6.20. The Kier molecular flexibility index (Phi) is 10.8. The number of benzene rings is 1. The van der Waals surface area contributed by atoms with Gasteiger partial charge in [-0.3, -0.25) is 9.59 Å². The van der Waals surface area contributed by atoms with Gasteiger partial charge >= 0.3 is 5.97 Å². The highest BCUT2D eigenvalue weighted by molar-refractivity contribution is 5.92. The second kappa shape index (κ2) is 13.7. The van der Waals surface area contributed by atoms with E-state index in [2.05, 4.69) is 49.9 Å². The van der Waals surface area contributed by atoms with Crippen LogP contribution in [0.5, 0.6) is 0 Å². The normalized spacial score (nSPS) is 23.0. The number of likely N-dealkylation sites (tertiary alicyclic amines) is 1. The van der Waals surface area contributed by atoms with Crippen LogP contribution in [-0.2, 0) is 25.5 Å². The van der Waals surface area contributed by atoms with Crippen molar-refractivity contribution < 1.29 is 24.2 Å². The van der Waals surface area contributed by atoms with Crippen LogP contribution >= 0.6 is 0 Å². The van der Waals surface area contributed by atoms with Crippen LogP contribution in [0, 0.1) is 26.6 Å². The number of aliphatic hydroxyl groups is 1. The molecule has 5 atom stereocenters. The van der Waals surface area contributed by atoms with Gasteiger partial charge in [0, 0.05) is 13.0 Å². The molecule has 3 rings (SSSR count). The summed E-state index contributed by atoms with van der Waals surface area (Å²) in [7, 11) is 0. The minimum atomic E-state index is -1.55. The first-order valence-electron chi connectivity index (χ1n) is 14.7. The molecule has 0 aromatic heterocycles. The van der Waals surface area contributed by atoms with E-state index in [1.165, 1.54) is 29.2 Å². The lowest BCUT2D eigenvalue weighted by Crippen LogP contribution is -2.53. The van der Waals surface area contributed by atoms with E-state index in [0.29, 0.717) is 30.9 Å². The predicted molar refractivity (Wildman–Crippen MR) is 159 cm³/mol. The Bertz CT molecular complexity index is 1200. The monoisotopic (exact) mass is 584 g/mol. The summed E-state index contributed by atoms with van der Waals surface area (Å²) in [6.45, 7) is 15.1. The van der Waals surface area contributed by atoms with Crippen LogP contribution in [0.3, 0.4) is 0 Å². The molecule has 11 heteroatoms. The van der Waals surface area contributed by atoms with E-state index < -0.39 is 36.0 Å². The van der Waals surface area contributed by atoms with Crippen molar-refractivity contribution in [2.24, 2.45) is 27.1 Å². The van der Waals surface area contributed by atoms with Crippen molar-refractivity contribution in [3.8, 4) is 0 Å². The molecule has 230 valence electrons. The van der Waals surface area contributed by atoms with Crippen molar-refractivity contribution in [2.45, 2.75) is 104 Å². The van der Waals surface area contributed by atoms with Gasteiger partial charge in [-0.15, -0.1) is 16.4 Å². The van der Waals surface area contributed by atoms with Crippen molar-refractivity contribution in [1.82, 2.24) is 10.2 Å². The van der Waals surface area contributed by atoms with Crippen LogP contribution in [-0.4, -0.2) is 58.6 Å². The first-order chi connectivity index (χ1) is 19.7. The second-order valence-electron chi connectivity index (χ2n) is 12.8. The topological polar surface area (TPSA) is 155 Å². The first-order valence-corrected chi connectivity index (χ1v) is 14.7. The Hall–Kier alpha value is -3.47. The summed E-state index contributed by atoms with van der Waals surface area (Å²) in [4.78, 5) is 62.8. The highest BCUT2D eigenvalue weighted by Gasteiger charge is 2.49. The van der Waals surface area contributed by atoms with E-state index in [1.54, 1.807) is 0 Å². The summed E-state index contributed by atoms with van der Waals surface area (Å²) in [5, 5.41) is 18.6. The molecule has 42 heavy (non-hydrogen) atoms. The molecule has 2 fully saturated rings. The average molecular weight is 585 g/mol. The van der Waals surface area contributed by atoms with Crippen LogP contribution in [0.2, 0.25) is 0 Å². The summed E-state index contributed by atoms with van der Waals surface area (Å²) >= 11 is 0. The Balaban J connectivity index is 1.62. The largest absolute Gasteiger partial charge is 0.461 e. The molecule has 1 saturated heterocycles. The zero-order chi connectivity index (χ0) is 31.2. The summed E-state index contributed by atoms with van der Waals surface area (Å²) in [5.74, 6) is -1.27. The van der Waals surface area contributed by atoms with Gasteiger partial charge in [0.25, 0.3) is 0 Å². The van der Waals surface area contributed by atoms with E-state index >= 15 is 0 Å². The fourth-order valence-corrected chi connectivity index (χ4v) is 6.20. The van der Waals surface area contributed by atoms with Crippen molar-refractivity contribution in [3.63, 3.8) is 0 Å². The van der Waals surface area contributed by atoms with Gasteiger partial charge in [0.2, 0.25) is 11.8 Å². The molecule has 2 amide bonds. The molecule has 1 saturated carbocycles. The molecule has 11 nitrogen and oxygen atoms in total. The van der Waals surface area contributed by atoms with Crippen LogP contribution in [0.15, 0.2) is 41.2 Å². The molecule has 1 aromatic rings. The van der Waals surface area contributed by atoms with Gasteiger partial charge in [-0.2, -0.15) is 0 Å². The molecule has 1 aliphatic carbocycles. The second-order valence-corrected chi connectivity index (χ2v) is 12.8. The molecule has 1 aliphatic heterocycles. The van der Waals surface area contributed by atoms with Gasteiger partial charge in [-0.25, -0.2) is 4.79 Å². The number of rotatable bonds is 13. The Morgan fingerprint density at radius 2 is 1.86 bits per heavy atom. The number of nitroso groups, excluding NO2 is 2. The van der Waals surface area contributed by atoms with Gasteiger partial charge in [-0.05, 0) is 90.2 Å². The van der Waals surface area contributed by atoms with Crippen molar-refractivity contribution in [2.75, 3.05) is 6.54 Å². The lowest BCUT2D eigenvalue weighted by Gasteiger charge is -2.40. The number of ether oxygens (including phenoxy) is 1.